The van der Waals surface area contributed by atoms with Gasteiger partial charge in [-0.15, -0.1) is 11.3 Å². The molecule has 0 aliphatic heterocycles. The lowest BCUT2D eigenvalue weighted by atomic mass is 10.0. The van der Waals surface area contributed by atoms with Gasteiger partial charge in [0.2, 0.25) is 0 Å². The number of Topliss-reactive ketones (excluding diaryl/α,β-unsaturated/α-hetero) is 1. The number of nitrogens with one attached hydrogen (secondary N) is 1. The third kappa shape index (κ3) is 5.57. The second kappa shape index (κ2) is 9.96. The van der Waals surface area contributed by atoms with Gasteiger partial charge in [-0.1, -0.05) is 36.7 Å². The Morgan fingerprint density at radius 2 is 1.89 bits per heavy atom. The molecule has 0 aliphatic rings. The van der Waals surface area contributed by atoms with Gasteiger partial charge in [-0.25, -0.2) is 15.0 Å². The van der Waals surface area contributed by atoms with Crippen LogP contribution in [0.2, 0.25) is 5.02 Å². The van der Waals surface area contributed by atoms with Crippen LogP contribution in [0.25, 0.3) is 5.69 Å². The number of amides is 1. The molecule has 3 heterocycles. The van der Waals surface area contributed by atoms with Crippen LogP contribution in [0.3, 0.4) is 0 Å². The van der Waals surface area contributed by atoms with Crippen LogP contribution in [-0.2, 0) is 6.18 Å². The van der Waals surface area contributed by atoms with Crippen LogP contribution in [0.5, 0.6) is 0 Å². The van der Waals surface area contributed by atoms with Gasteiger partial charge in [-0.3, -0.25) is 14.2 Å². The predicted molar refractivity (Wildman–Crippen MR) is 125 cm³/mol. The number of nitrogens with zero attached hydrogens (tertiary/aromatic N) is 4. The number of carbonyl (C=O) groups excluding carboxylic acids is 2. The molecule has 0 saturated carbocycles. The van der Waals surface area contributed by atoms with E-state index in [4.69, 9.17) is 11.6 Å². The van der Waals surface area contributed by atoms with Crippen LogP contribution < -0.4 is 5.32 Å². The van der Waals surface area contributed by atoms with Crippen molar-refractivity contribution in [2.45, 2.75) is 25.4 Å². The fourth-order valence-electron chi connectivity index (χ4n) is 3.29. The molecule has 1 atom stereocenters. The fraction of sp³-hybridized carbons (Fsp3) is 0.174. The summed E-state index contributed by atoms with van der Waals surface area (Å²) in [6.07, 6.45) is 0.637. The summed E-state index contributed by atoms with van der Waals surface area (Å²) in [5.41, 5.74) is 0.127. The Morgan fingerprint density at radius 3 is 2.60 bits per heavy atom. The fourth-order valence-corrected chi connectivity index (χ4v) is 4.36. The smallest absolute Gasteiger partial charge is 0.306 e. The van der Waals surface area contributed by atoms with Gasteiger partial charge in [-0.2, -0.15) is 13.2 Å². The van der Waals surface area contributed by atoms with Gasteiger partial charge in [0.05, 0.1) is 34.3 Å². The number of alkyl halides is 3. The molecule has 0 unspecified atom stereocenters. The third-order valence-corrected chi connectivity index (χ3v) is 6.55. The highest BCUT2D eigenvalue weighted by atomic mass is 35.5. The number of carbonyl (C=O) groups is 2. The highest BCUT2D eigenvalue weighted by Crippen LogP contribution is 2.35. The summed E-state index contributed by atoms with van der Waals surface area (Å²) in [5.74, 6) is -1.42. The van der Waals surface area contributed by atoms with Gasteiger partial charge in [-0.05, 0) is 18.2 Å². The average molecular weight is 520 g/mol. The van der Waals surface area contributed by atoms with Gasteiger partial charge >= 0.3 is 6.18 Å². The molecule has 3 aromatic heterocycles. The van der Waals surface area contributed by atoms with Crippen molar-refractivity contribution in [3.05, 3.63) is 87.5 Å². The molecule has 7 nitrogen and oxygen atoms in total. The van der Waals surface area contributed by atoms with Crippen molar-refractivity contribution in [1.29, 1.82) is 0 Å². The zero-order chi connectivity index (χ0) is 25.2. The molecular formula is C23H17ClF3N5O2S. The monoisotopic (exact) mass is 519 g/mol. The maximum absolute atomic E-state index is 13.0. The van der Waals surface area contributed by atoms with Crippen LogP contribution >= 0.6 is 22.9 Å². The maximum Gasteiger partial charge on any atom is 0.418 e. The van der Waals surface area contributed by atoms with Crippen molar-refractivity contribution >= 4 is 40.4 Å². The minimum Gasteiger partial charge on any atom is -0.306 e. The Bertz CT molecular complexity index is 1370. The van der Waals surface area contributed by atoms with Crippen LogP contribution in [0.15, 0.2) is 61.3 Å². The molecule has 1 aromatic carbocycles. The van der Waals surface area contributed by atoms with E-state index in [-0.39, 0.29) is 28.8 Å². The van der Waals surface area contributed by atoms with E-state index in [0.717, 1.165) is 23.2 Å². The van der Waals surface area contributed by atoms with E-state index in [1.165, 1.54) is 12.4 Å². The summed E-state index contributed by atoms with van der Waals surface area (Å²) in [7, 11) is 0. The van der Waals surface area contributed by atoms with Gasteiger partial charge in [0.1, 0.15) is 16.4 Å². The molecule has 12 heteroatoms. The van der Waals surface area contributed by atoms with Crippen LogP contribution in [0.1, 0.15) is 50.0 Å². The Kier molecular flexibility index (Phi) is 6.99. The van der Waals surface area contributed by atoms with Crippen LogP contribution in [-0.4, -0.2) is 31.2 Å². The Balaban J connectivity index is 1.44. The number of benzene rings is 1. The zero-order valence-corrected chi connectivity index (χ0v) is 19.7. The molecule has 0 spiro atoms. The van der Waals surface area contributed by atoms with Gasteiger partial charge in [0.15, 0.2) is 5.78 Å². The maximum atomic E-state index is 13.0. The van der Waals surface area contributed by atoms with Crippen molar-refractivity contribution in [2.75, 3.05) is 5.32 Å². The largest absolute Gasteiger partial charge is 0.418 e. The first kappa shape index (κ1) is 24.6. The van der Waals surface area contributed by atoms with Crippen molar-refractivity contribution in [3.63, 3.8) is 0 Å². The minimum atomic E-state index is -4.69. The lowest BCUT2D eigenvalue weighted by Gasteiger charge is -2.10. The van der Waals surface area contributed by atoms with E-state index in [1.54, 1.807) is 17.8 Å². The molecular weight excluding hydrogens is 503 g/mol. The number of para-hydroxylation sites is 1. The molecule has 1 N–H and O–H groups in total. The highest BCUT2D eigenvalue weighted by molar-refractivity contribution is 7.13. The Hall–Kier alpha value is -3.57. The first-order chi connectivity index (χ1) is 16.6. The molecule has 4 rings (SSSR count). The highest BCUT2D eigenvalue weighted by Gasteiger charge is 2.34. The number of rotatable bonds is 7. The quantitative estimate of drug-likeness (QED) is 0.301. The topological polar surface area (TPSA) is 89.8 Å². The Morgan fingerprint density at radius 1 is 1.14 bits per heavy atom. The van der Waals surface area contributed by atoms with Crippen molar-refractivity contribution in [2.24, 2.45) is 0 Å². The molecule has 4 aromatic rings. The number of anilines is 1. The summed E-state index contributed by atoms with van der Waals surface area (Å²) in [5, 5.41) is 2.29. The minimum absolute atomic E-state index is 0.126. The number of hydrogen-bond donors (Lipinski definition) is 1. The first-order valence-electron chi connectivity index (χ1n) is 10.2. The normalized spacial score (nSPS) is 12.4. The number of pyridine rings is 1. The Labute approximate surface area is 206 Å². The van der Waals surface area contributed by atoms with E-state index < -0.39 is 22.7 Å². The molecule has 35 heavy (non-hydrogen) atoms. The van der Waals surface area contributed by atoms with Crippen molar-refractivity contribution in [3.8, 4) is 5.69 Å². The molecule has 0 aliphatic carbocycles. The predicted octanol–water partition coefficient (Wildman–Crippen LogP) is 6.02. The van der Waals surface area contributed by atoms with E-state index in [2.05, 4.69) is 20.3 Å². The van der Waals surface area contributed by atoms with Gasteiger partial charge in [0.25, 0.3) is 5.91 Å². The molecule has 0 bridgehead atoms. The zero-order valence-electron chi connectivity index (χ0n) is 18.1. The molecule has 0 fully saturated rings. The number of imidazole rings is 1. The van der Waals surface area contributed by atoms with Gasteiger partial charge < -0.3 is 5.32 Å². The third-order valence-electron chi connectivity index (χ3n) is 5.02. The number of aromatic nitrogens is 4. The second-order valence-electron chi connectivity index (χ2n) is 7.58. The summed E-state index contributed by atoms with van der Waals surface area (Å²) in [6.45, 7) is 1.80. The van der Waals surface area contributed by atoms with Crippen molar-refractivity contribution < 1.29 is 22.8 Å². The lowest BCUT2D eigenvalue weighted by molar-refractivity contribution is -0.137. The summed E-state index contributed by atoms with van der Waals surface area (Å²) < 4.78 is 40.8. The summed E-state index contributed by atoms with van der Waals surface area (Å²) in [4.78, 5) is 37.7. The van der Waals surface area contributed by atoms with E-state index in [0.29, 0.717) is 16.8 Å². The first-order valence-corrected chi connectivity index (χ1v) is 11.4. The standard InChI is InChI=1S/C23H17ClF3N5O2S/c1-13(7-18(33)17-10-28-12-32(17)14-5-3-2-4-6-14)22-30-11-19(35-22)21(34)31-20-8-15(23(25,26)27)16(24)9-29-20/h2-6,8-13H,7H2,1H3,(H,29,31,34)/t13-/m0/s1. The number of halogens is 4. The lowest BCUT2D eigenvalue weighted by Crippen LogP contribution is -2.13. The van der Waals surface area contributed by atoms with Crippen molar-refractivity contribution in [1.82, 2.24) is 19.5 Å². The molecule has 0 saturated heterocycles. The SMILES string of the molecule is C[C@@H](CC(=O)c1cncn1-c1ccccc1)c1ncc(C(=O)Nc2cc(C(F)(F)F)c(Cl)cn2)s1. The number of ketones is 1. The molecule has 1 amide bonds. The van der Waals surface area contributed by atoms with Crippen LogP contribution in [0.4, 0.5) is 19.0 Å². The number of hydrogen-bond acceptors (Lipinski definition) is 6. The summed E-state index contributed by atoms with van der Waals surface area (Å²) >= 11 is 6.61. The van der Waals surface area contributed by atoms with E-state index in [9.17, 15) is 22.8 Å². The van der Waals surface area contributed by atoms with E-state index in [1.807, 2.05) is 30.3 Å². The van der Waals surface area contributed by atoms with Crippen LogP contribution in [0, 0.1) is 0 Å². The average Bonchev–Trinajstić information content (AvgIpc) is 3.50. The van der Waals surface area contributed by atoms with E-state index >= 15 is 0 Å². The molecule has 180 valence electrons. The molecule has 0 radical (unpaired) electrons. The number of thiazole rings is 1. The summed E-state index contributed by atoms with van der Waals surface area (Å²) in [6, 6.07) is 9.98. The second-order valence-corrected chi connectivity index (χ2v) is 9.05. The van der Waals surface area contributed by atoms with Gasteiger partial charge in [0, 0.05) is 24.2 Å².